The van der Waals surface area contributed by atoms with Gasteiger partial charge >= 0.3 is 0 Å². The molecule has 4 aromatic rings. The van der Waals surface area contributed by atoms with Crippen molar-refractivity contribution in [2.24, 2.45) is 0 Å². The molecule has 0 atom stereocenters. The second-order valence-corrected chi connectivity index (χ2v) is 8.64. The number of hydrogen-bond donors (Lipinski definition) is 2. The summed E-state index contributed by atoms with van der Waals surface area (Å²) in [5.74, 6) is 7.75. The lowest BCUT2D eigenvalue weighted by Crippen LogP contribution is -2.13. The molecule has 0 saturated carbocycles. The number of thiophene rings is 1. The fourth-order valence-electron chi connectivity index (χ4n) is 3.48. The number of aromatic amines is 1. The molecule has 10 heteroatoms. The van der Waals surface area contributed by atoms with Crippen LogP contribution in [-0.4, -0.2) is 29.8 Å². The molecule has 0 fully saturated rings. The summed E-state index contributed by atoms with van der Waals surface area (Å²) < 4.78 is 1.43. The second kappa shape index (κ2) is 7.02. The number of nitrogen functional groups attached to an aromatic ring is 1. The Hall–Kier alpha value is -2.72. The van der Waals surface area contributed by atoms with Gasteiger partial charge in [0.15, 0.2) is 5.82 Å². The average Bonchev–Trinajstić information content (AvgIpc) is 3.27. The molecule has 28 heavy (non-hydrogen) atoms. The van der Waals surface area contributed by atoms with Gasteiger partial charge in [0, 0.05) is 22.8 Å². The Bertz CT molecular complexity index is 1210. The zero-order chi connectivity index (χ0) is 19.1. The summed E-state index contributed by atoms with van der Waals surface area (Å²) >= 11 is 3.03. The van der Waals surface area contributed by atoms with Crippen molar-refractivity contribution in [3.63, 3.8) is 0 Å². The van der Waals surface area contributed by atoms with E-state index < -0.39 is 0 Å². The van der Waals surface area contributed by atoms with Crippen LogP contribution in [-0.2, 0) is 18.6 Å². The van der Waals surface area contributed by atoms with Crippen LogP contribution in [0.2, 0.25) is 0 Å². The maximum absolute atomic E-state index is 12.6. The Morgan fingerprint density at radius 1 is 1.29 bits per heavy atom. The maximum Gasteiger partial charge on any atom is 0.259 e. The fourth-order valence-corrected chi connectivity index (χ4v) is 5.48. The molecular formula is C18H17N7OS2. The molecule has 5 rings (SSSR count). The van der Waals surface area contributed by atoms with Gasteiger partial charge in [-0.3, -0.25) is 9.78 Å². The molecule has 0 bridgehead atoms. The van der Waals surface area contributed by atoms with Crippen LogP contribution in [0, 0.1) is 0 Å². The number of H-pyrrole nitrogens is 1. The average molecular weight is 412 g/mol. The predicted octanol–water partition coefficient (Wildman–Crippen LogP) is 2.52. The van der Waals surface area contributed by atoms with Gasteiger partial charge in [0.1, 0.15) is 10.7 Å². The lowest BCUT2D eigenvalue weighted by Gasteiger charge is -2.09. The highest BCUT2D eigenvalue weighted by Gasteiger charge is 2.20. The number of aryl methyl sites for hydroxylation is 2. The summed E-state index contributed by atoms with van der Waals surface area (Å²) in [4.78, 5) is 26.5. The largest absolute Gasteiger partial charge is 0.335 e. The molecular weight excluding hydrogens is 394 g/mol. The van der Waals surface area contributed by atoms with Gasteiger partial charge in [-0.2, -0.15) is 0 Å². The normalized spacial score (nSPS) is 13.7. The Labute approximate surface area is 168 Å². The van der Waals surface area contributed by atoms with Crippen LogP contribution in [0.4, 0.5) is 0 Å². The second-order valence-electron chi connectivity index (χ2n) is 6.61. The Morgan fingerprint density at radius 2 is 2.18 bits per heavy atom. The molecule has 0 aromatic carbocycles. The lowest BCUT2D eigenvalue weighted by atomic mass is 9.97. The van der Waals surface area contributed by atoms with Gasteiger partial charge in [-0.1, -0.05) is 11.8 Å². The van der Waals surface area contributed by atoms with Crippen molar-refractivity contribution in [3.05, 3.63) is 51.1 Å². The van der Waals surface area contributed by atoms with Crippen molar-refractivity contribution < 1.29 is 0 Å². The molecule has 0 radical (unpaired) electrons. The van der Waals surface area contributed by atoms with Crippen molar-refractivity contribution in [1.29, 1.82) is 0 Å². The fraction of sp³-hybridized carbons (Fsp3) is 0.278. The van der Waals surface area contributed by atoms with Gasteiger partial charge in [-0.25, -0.2) is 9.66 Å². The van der Waals surface area contributed by atoms with Crippen molar-refractivity contribution in [2.45, 2.75) is 36.6 Å². The van der Waals surface area contributed by atoms with Gasteiger partial charge in [0.25, 0.3) is 5.56 Å². The van der Waals surface area contributed by atoms with Crippen molar-refractivity contribution in [1.82, 2.24) is 29.8 Å². The highest BCUT2D eigenvalue weighted by molar-refractivity contribution is 7.98. The van der Waals surface area contributed by atoms with Crippen molar-refractivity contribution in [3.8, 4) is 11.4 Å². The minimum atomic E-state index is -0.0507. The number of hydrogen-bond acceptors (Lipinski definition) is 8. The van der Waals surface area contributed by atoms with E-state index in [1.54, 1.807) is 23.7 Å². The molecule has 0 aliphatic heterocycles. The van der Waals surface area contributed by atoms with Crippen LogP contribution >= 0.6 is 23.1 Å². The standard InChI is InChI=1S/C18H17N7OS2/c19-25-15(10-4-3-7-20-8-10)23-24-18(25)27-9-13-21-16(26)14-11-5-1-2-6-12(11)28-17(14)22-13/h3-4,7-8H,1-2,5-6,9,19H2,(H,21,22,26). The first-order chi connectivity index (χ1) is 13.7. The van der Waals surface area contributed by atoms with Gasteiger partial charge in [0.05, 0.1) is 11.1 Å². The number of aromatic nitrogens is 6. The van der Waals surface area contributed by atoms with Crippen LogP contribution in [0.3, 0.4) is 0 Å². The van der Waals surface area contributed by atoms with E-state index in [0.29, 0.717) is 22.6 Å². The van der Waals surface area contributed by atoms with Crippen molar-refractivity contribution >= 4 is 33.3 Å². The number of nitrogens with two attached hydrogens (primary N) is 1. The minimum Gasteiger partial charge on any atom is -0.335 e. The summed E-state index contributed by atoms with van der Waals surface area (Å²) in [6, 6.07) is 3.70. The molecule has 0 amide bonds. The number of pyridine rings is 1. The predicted molar refractivity (Wildman–Crippen MR) is 110 cm³/mol. The molecule has 0 saturated heterocycles. The highest BCUT2D eigenvalue weighted by Crippen LogP contribution is 2.33. The molecule has 8 nitrogen and oxygen atoms in total. The Kier molecular flexibility index (Phi) is 4.36. The summed E-state index contributed by atoms with van der Waals surface area (Å²) in [5, 5.41) is 9.62. The molecule has 142 valence electrons. The molecule has 1 aliphatic rings. The molecule has 3 N–H and O–H groups in total. The Balaban J connectivity index is 1.41. The lowest BCUT2D eigenvalue weighted by molar-refractivity contribution is 0.700. The van der Waals surface area contributed by atoms with Crippen LogP contribution in [0.15, 0.2) is 34.5 Å². The molecule has 1 aliphatic carbocycles. The third-order valence-corrected chi connectivity index (χ3v) is 6.94. The summed E-state index contributed by atoms with van der Waals surface area (Å²) in [6.07, 6.45) is 7.73. The van der Waals surface area contributed by atoms with E-state index in [4.69, 9.17) is 5.84 Å². The zero-order valence-electron chi connectivity index (χ0n) is 14.9. The van der Waals surface area contributed by atoms with Gasteiger partial charge in [-0.05, 0) is 43.4 Å². The molecule has 0 unspecified atom stereocenters. The summed E-state index contributed by atoms with van der Waals surface area (Å²) in [5.41, 5.74) is 1.94. The van der Waals surface area contributed by atoms with Gasteiger partial charge < -0.3 is 10.8 Å². The van der Waals surface area contributed by atoms with Crippen LogP contribution in [0.1, 0.15) is 29.1 Å². The van der Waals surface area contributed by atoms with Gasteiger partial charge in [-0.15, -0.1) is 21.5 Å². The topological polar surface area (TPSA) is 115 Å². The Morgan fingerprint density at radius 3 is 3.04 bits per heavy atom. The highest BCUT2D eigenvalue weighted by atomic mass is 32.2. The first kappa shape index (κ1) is 17.4. The van der Waals surface area contributed by atoms with E-state index in [1.807, 2.05) is 12.1 Å². The smallest absolute Gasteiger partial charge is 0.259 e. The van der Waals surface area contributed by atoms with Crippen LogP contribution < -0.4 is 11.4 Å². The number of thioether (sulfide) groups is 1. The maximum atomic E-state index is 12.6. The summed E-state index contributed by atoms with van der Waals surface area (Å²) in [7, 11) is 0. The van der Waals surface area contributed by atoms with Crippen LogP contribution in [0.25, 0.3) is 21.6 Å². The summed E-state index contributed by atoms with van der Waals surface area (Å²) in [6.45, 7) is 0. The van der Waals surface area contributed by atoms with E-state index in [1.165, 1.54) is 33.3 Å². The minimum absolute atomic E-state index is 0.0507. The number of nitrogens with zero attached hydrogens (tertiary/aromatic N) is 5. The SMILES string of the molecule is Nn1c(SCc2nc3sc4c(c3c(=O)[nH]2)CCCC4)nnc1-c1cccnc1. The molecule has 4 aromatic heterocycles. The number of rotatable bonds is 4. The van der Waals surface area contributed by atoms with E-state index in [2.05, 4.69) is 25.1 Å². The quantitative estimate of drug-likeness (QED) is 0.391. The monoisotopic (exact) mass is 411 g/mol. The van der Waals surface area contributed by atoms with Crippen molar-refractivity contribution in [2.75, 3.05) is 5.84 Å². The first-order valence-corrected chi connectivity index (χ1v) is 10.8. The first-order valence-electron chi connectivity index (χ1n) is 8.98. The van der Waals surface area contributed by atoms with E-state index in [0.717, 1.165) is 35.0 Å². The van der Waals surface area contributed by atoms with E-state index in [9.17, 15) is 4.79 Å². The molecule has 0 spiro atoms. The third-order valence-electron chi connectivity index (χ3n) is 4.80. The van der Waals surface area contributed by atoms with E-state index in [-0.39, 0.29) is 5.56 Å². The number of fused-ring (bicyclic) bond motifs is 3. The number of nitrogens with one attached hydrogen (secondary N) is 1. The zero-order valence-corrected chi connectivity index (χ0v) is 16.5. The molecule has 4 heterocycles. The van der Waals surface area contributed by atoms with Crippen LogP contribution in [0.5, 0.6) is 0 Å². The third kappa shape index (κ3) is 2.98. The van der Waals surface area contributed by atoms with Gasteiger partial charge in [0.2, 0.25) is 5.16 Å². The van der Waals surface area contributed by atoms with E-state index >= 15 is 0 Å².